The summed E-state index contributed by atoms with van der Waals surface area (Å²) in [6.07, 6.45) is -4.49. The number of ether oxygens (including phenoxy) is 2. The molecule has 29 heavy (non-hydrogen) atoms. The molecule has 0 aromatic carbocycles. The highest BCUT2D eigenvalue weighted by molar-refractivity contribution is 7.99. The van der Waals surface area contributed by atoms with Gasteiger partial charge in [-0.25, -0.2) is 4.98 Å². The van der Waals surface area contributed by atoms with Crippen molar-refractivity contribution in [3.8, 4) is 0 Å². The van der Waals surface area contributed by atoms with E-state index >= 15 is 0 Å². The lowest BCUT2D eigenvalue weighted by molar-refractivity contribution is -0.137. The van der Waals surface area contributed by atoms with Gasteiger partial charge in [0.15, 0.2) is 28.7 Å². The molecule has 0 saturated carbocycles. The highest BCUT2D eigenvalue weighted by Gasteiger charge is 2.60. The van der Waals surface area contributed by atoms with E-state index in [4.69, 9.17) is 19.5 Å². The molecule has 2 fully saturated rings. The van der Waals surface area contributed by atoms with Gasteiger partial charge in [-0.1, -0.05) is 11.8 Å². The van der Waals surface area contributed by atoms with Gasteiger partial charge in [-0.2, -0.15) is 19.3 Å². The normalized spacial score (nSPS) is 28.4. The van der Waals surface area contributed by atoms with Crippen molar-refractivity contribution in [2.24, 2.45) is 0 Å². The van der Waals surface area contributed by atoms with Gasteiger partial charge in [0.25, 0.3) is 5.56 Å². The molecule has 2 aromatic rings. The Kier molecular flexibility index (Phi) is 5.25. The van der Waals surface area contributed by atoms with Gasteiger partial charge in [-0.3, -0.25) is 19.1 Å². The van der Waals surface area contributed by atoms with Gasteiger partial charge in [0, 0.05) is 0 Å². The summed E-state index contributed by atoms with van der Waals surface area (Å²) in [5.74, 6) is -0.860. The van der Waals surface area contributed by atoms with E-state index in [1.54, 1.807) is 0 Å². The van der Waals surface area contributed by atoms with Crippen molar-refractivity contribution in [2.75, 3.05) is 25.2 Å². The van der Waals surface area contributed by atoms with Crippen LogP contribution in [0.2, 0.25) is 0 Å². The third-order valence-corrected chi connectivity index (χ3v) is 6.24. The second-order valence-electron chi connectivity index (χ2n) is 6.16. The fourth-order valence-electron chi connectivity index (χ4n) is 3.05. The topological polar surface area (TPSA) is 204 Å². The molecule has 2 unspecified atom stereocenters. The van der Waals surface area contributed by atoms with Gasteiger partial charge in [0.2, 0.25) is 5.95 Å². The van der Waals surface area contributed by atoms with Crippen LogP contribution < -0.4 is 11.3 Å². The number of aromatic amines is 1. The van der Waals surface area contributed by atoms with Crippen molar-refractivity contribution in [3.05, 3.63) is 10.4 Å². The van der Waals surface area contributed by atoms with Crippen molar-refractivity contribution in [2.45, 2.75) is 29.7 Å². The molecule has 6 N–H and O–H groups in total. The largest absolute Gasteiger partial charge is 0.570 e. The zero-order valence-corrected chi connectivity index (χ0v) is 16.5. The summed E-state index contributed by atoms with van der Waals surface area (Å²) < 4.78 is 21.6. The Balaban J connectivity index is 1.77. The molecule has 4 atom stereocenters. The lowest BCUT2D eigenvalue weighted by atomic mass is 10.1. The number of hydrogen-bond acceptors (Lipinski definition) is 13. The number of carbonyl (C=O) groups excluding carboxylic acids is 1. The van der Waals surface area contributed by atoms with Gasteiger partial charge in [-0.15, -0.1) is 4.52 Å². The minimum atomic E-state index is -4.07. The van der Waals surface area contributed by atoms with Crippen LogP contribution in [0.3, 0.4) is 0 Å². The molecule has 4 heterocycles. The zero-order valence-electron chi connectivity index (χ0n) is 14.8. The Hall–Kier alpha value is -1.84. The summed E-state index contributed by atoms with van der Waals surface area (Å²) in [5, 5.41) is 10.9. The third-order valence-electron chi connectivity index (χ3n) is 4.31. The monoisotopic (exact) mass is 450 g/mol. The number of hydrogen-bond donors (Lipinski definition) is 5. The second kappa shape index (κ2) is 7.45. The Morgan fingerprint density at radius 3 is 2.97 bits per heavy atom. The number of esters is 1. The molecular weight excluding hydrogens is 433 g/mol. The number of fused-ring (bicyclic) bond motifs is 2. The molecule has 0 aliphatic carbocycles. The average molecular weight is 450 g/mol. The van der Waals surface area contributed by atoms with Crippen LogP contribution in [0.4, 0.5) is 5.95 Å². The van der Waals surface area contributed by atoms with Crippen LogP contribution in [0.5, 0.6) is 0 Å². The Labute approximate surface area is 166 Å². The number of carbonyl (C=O) groups is 1. The van der Waals surface area contributed by atoms with E-state index in [0.717, 1.165) is 11.8 Å². The van der Waals surface area contributed by atoms with E-state index < -0.39 is 44.2 Å². The van der Waals surface area contributed by atoms with Crippen LogP contribution in [-0.2, 0) is 23.3 Å². The van der Waals surface area contributed by atoms with Crippen molar-refractivity contribution < 1.29 is 38.2 Å². The molecule has 2 saturated heterocycles. The van der Waals surface area contributed by atoms with Gasteiger partial charge in [0.05, 0.1) is 12.9 Å². The van der Waals surface area contributed by atoms with Crippen molar-refractivity contribution in [1.82, 2.24) is 19.5 Å². The van der Waals surface area contributed by atoms with Crippen molar-refractivity contribution >= 4 is 43.0 Å². The Morgan fingerprint density at radius 2 is 2.24 bits per heavy atom. The number of aromatic nitrogens is 4. The SMILES string of the molecule is COC(=O)CSc1nc2c(=O)[nH]c(N)nc2n1[C@@H]1OC2CO[P+](O)(O)O[C@H]2C1O. The fourth-order valence-corrected chi connectivity index (χ4v) is 4.88. The minimum Gasteiger partial charge on any atom is -0.468 e. The summed E-state index contributed by atoms with van der Waals surface area (Å²) in [5.41, 5.74) is 4.94. The fraction of sp³-hybridized carbons (Fsp3) is 0.538. The number of aliphatic hydroxyl groups is 1. The molecule has 16 heteroatoms. The maximum absolute atomic E-state index is 12.2. The summed E-state index contributed by atoms with van der Waals surface area (Å²) in [6.45, 7) is -0.230. The van der Waals surface area contributed by atoms with Crippen LogP contribution in [0.25, 0.3) is 11.2 Å². The molecule has 2 aromatic heterocycles. The average Bonchev–Trinajstić information content (AvgIpc) is 3.16. The van der Waals surface area contributed by atoms with Crippen LogP contribution in [0.1, 0.15) is 6.23 Å². The molecular formula is C13H17N5O9PS+. The maximum Gasteiger partial charge on any atom is 0.570 e. The quantitative estimate of drug-likeness (QED) is 0.200. The number of nitrogens with one attached hydrogen (secondary N) is 1. The predicted molar refractivity (Wildman–Crippen MR) is 97.4 cm³/mol. The number of methoxy groups -OCH3 is 1. The number of thioether (sulfide) groups is 1. The van der Waals surface area contributed by atoms with Gasteiger partial charge in [-0.05, 0) is 0 Å². The molecule has 0 amide bonds. The lowest BCUT2D eigenvalue weighted by Gasteiger charge is -2.24. The molecule has 4 rings (SSSR count). The predicted octanol–water partition coefficient (Wildman–Crippen LogP) is -1.70. The first-order valence-corrected chi connectivity index (χ1v) is 10.7. The van der Waals surface area contributed by atoms with Crippen molar-refractivity contribution in [3.63, 3.8) is 0 Å². The van der Waals surface area contributed by atoms with Crippen LogP contribution in [0, 0.1) is 0 Å². The number of nitrogens with zero attached hydrogens (tertiary/aromatic N) is 3. The van der Waals surface area contributed by atoms with Crippen LogP contribution in [0.15, 0.2) is 9.95 Å². The second-order valence-corrected chi connectivity index (χ2v) is 8.56. The third kappa shape index (κ3) is 3.71. The first-order valence-electron chi connectivity index (χ1n) is 8.18. The molecule has 0 bridgehead atoms. The number of aliphatic hydroxyl groups excluding tert-OH is 1. The smallest absolute Gasteiger partial charge is 0.468 e. The number of nitrogen functional groups attached to an aromatic ring is 1. The Bertz CT molecular complexity index is 1010. The van der Waals surface area contributed by atoms with Crippen LogP contribution in [-0.4, -0.2) is 78.2 Å². The summed E-state index contributed by atoms with van der Waals surface area (Å²) >= 11 is 0.931. The van der Waals surface area contributed by atoms with Crippen molar-refractivity contribution in [1.29, 1.82) is 0 Å². The highest BCUT2D eigenvalue weighted by Crippen LogP contribution is 2.59. The van der Waals surface area contributed by atoms with Gasteiger partial charge >= 0.3 is 14.1 Å². The standard InChI is InChI=1S/C13H16N5O9PS/c1-24-5(19)3-29-13-15-6-9(16-12(14)17-10(6)21)18(13)11-7(20)8-4(26-11)2-25-28(22,23)27-8/h4,7-8,11,20,22-23H,2-3H2,1H3,(H2-,14,16,17,21)/p+1/t4?,7?,8-,11-/m1/s1. The zero-order chi connectivity index (χ0) is 20.9. The van der Waals surface area contributed by atoms with E-state index in [-0.39, 0.29) is 34.6 Å². The molecule has 0 spiro atoms. The first kappa shape index (κ1) is 20.4. The van der Waals surface area contributed by atoms with E-state index in [0.29, 0.717) is 0 Å². The van der Waals surface area contributed by atoms with Gasteiger partial charge in [0.1, 0.15) is 18.8 Å². The van der Waals surface area contributed by atoms with E-state index in [9.17, 15) is 24.5 Å². The highest BCUT2D eigenvalue weighted by atomic mass is 32.2. The molecule has 2 aliphatic rings. The van der Waals surface area contributed by atoms with E-state index in [2.05, 4.69) is 19.7 Å². The van der Waals surface area contributed by atoms with Gasteiger partial charge < -0.3 is 20.3 Å². The number of nitrogens with two attached hydrogens (primary N) is 1. The van der Waals surface area contributed by atoms with E-state index in [1.807, 2.05) is 0 Å². The summed E-state index contributed by atoms with van der Waals surface area (Å²) in [6, 6.07) is 0. The minimum absolute atomic E-state index is 0.0105. The maximum atomic E-state index is 12.2. The summed E-state index contributed by atoms with van der Waals surface area (Å²) in [7, 11) is -2.85. The van der Waals surface area contributed by atoms with Crippen LogP contribution >= 0.6 is 19.9 Å². The number of H-pyrrole nitrogens is 1. The molecule has 2 aliphatic heterocycles. The first-order chi connectivity index (χ1) is 13.7. The summed E-state index contributed by atoms with van der Waals surface area (Å²) in [4.78, 5) is 53.6. The number of rotatable bonds is 4. The number of anilines is 1. The molecule has 158 valence electrons. The Morgan fingerprint density at radius 1 is 1.48 bits per heavy atom. The molecule has 0 radical (unpaired) electrons. The lowest BCUT2D eigenvalue weighted by Crippen LogP contribution is -2.40. The molecule has 14 nitrogen and oxygen atoms in total. The number of imidazole rings is 1. The van der Waals surface area contributed by atoms with E-state index in [1.165, 1.54) is 11.7 Å².